The number of rotatable bonds is 5. The van der Waals surface area contributed by atoms with Crippen LogP contribution in [-0.4, -0.2) is 27.5 Å². The number of pyridine rings is 1. The van der Waals surface area contributed by atoms with Crippen molar-refractivity contribution in [2.24, 2.45) is 0 Å². The van der Waals surface area contributed by atoms with Crippen LogP contribution in [-0.2, 0) is 4.79 Å². The first kappa shape index (κ1) is 16.5. The summed E-state index contributed by atoms with van der Waals surface area (Å²) in [4.78, 5) is 37.1. The third-order valence-electron chi connectivity index (χ3n) is 3.83. The second-order valence-electron chi connectivity index (χ2n) is 5.46. The van der Waals surface area contributed by atoms with Gasteiger partial charge in [0, 0.05) is 17.8 Å². The number of hydrogen-bond donors (Lipinski definition) is 3. The van der Waals surface area contributed by atoms with Gasteiger partial charge in [-0.15, -0.1) is 0 Å². The molecule has 0 saturated carbocycles. The highest BCUT2D eigenvalue weighted by molar-refractivity contribution is 5.98. The Morgan fingerprint density at radius 3 is 2.22 bits per heavy atom. The molecule has 0 bridgehead atoms. The minimum atomic E-state index is -1.30. The van der Waals surface area contributed by atoms with Crippen molar-refractivity contribution in [3.05, 3.63) is 58.5 Å². The van der Waals surface area contributed by atoms with Crippen LogP contribution in [0.1, 0.15) is 30.6 Å². The number of carbonyl (C=O) groups is 2. The molecule has 3 N–H and O–H groups in total. The van der Waals surface area contributed by atoms with Gasteiger partial charge in [-0.1, -0.05) is 19.1 Å². The minimum absolute atomic E-state index is 0.183. The molecule has 0 fully saturated rings. The maximum absolute atomic E-state index is 12.2. The first-order chi connectivity index (χ1) is 10.9. The number of carboxylic acids is 1. The number of aromatic amines is 1. The van der Waals surface area contributed by atoms with Gasteiger partial charge in [0.1, 0.15) is 5.54 Å². The van der Waals surface area contributed by atoms with E-state index in [4.69, 9.17) is 0 Å². The van der Waals surface area contributed by atoms with Crippen LogP contribution < -0.4 is 10.9 Å². The molecular formula is C17H18N2O4. The van der Waals surface area contributed by atoms with Crippen molar-refractivity contribution in [2.45, 2.75) is 25.8 Å². The van der Waals surface area contributed by atoms with Gasteiger partial charge in [-0.25, -0.2) is 4.79 Å². The highest BCUT2D eigenvalue weighted by Gasteiger charge is 2.32. The average Bonchev–Trinajstić information content (AvgIpc) is 2.55. The number of carbonyl (C=O) groups excluding carboxylic acids is 1. The summed E-state index contributed by atoms with van der Waals surface area (Å²) >= 11 is 0. The fourth-order valence-corrected chi connectivity index (χ4v) is 2.02. The molecule has 0 saturated heterocycles. The van der Waals surface area contributed by atoms with Crippen molar-refractivity contribution in [1.29, 1.82) is 0 Å². The maximum atomic E-state index is 12.2. The van der Waals surface area contributed by atoms with Gasteiger partial charge in [0.05, 0.1) is 0 Å². The maximum Gasteiger partial charge on any atom is 0.329 e. The second kappa shape index (κ2) is 6.48. The number of hydrogen-bond acceptors (Lipinski definition) is 3. The summed E-state index contributed by atoms with van der Waals surface area (Å²) in [6.45, 7) is 3.18. The molecule has 1 aromatic heterocycles. The van der Waals surface area contributed by atoms with E-state index in [-0.39, 0.29) is 12.0 Å². The van der Waals surface area contributed by atoms with E-state index in [1.807, 2.05) is 0 Å². The monoisotopic (exact) mass is 314 g/mol. The van der Waals surface area contributed by atoms with Crippen molar-refractivity contribution in [3.63, 3.8) is 0 Å². The summed E-state index contributed by atoms with van der Waals surface area (Å²) in [5.74, 6) is -1.51. The lowest BCUT2D eigenvalue weighted by Gasteiger charge is -2.24. The SMILES string of the molecule is CC[C@@](C)(NC(=O)c1ccc(-c2ccc(=O)[nH]c2)cc1)C(=O)O. The van der Waals surface area contributed by atoms with Crippen LogP contribution in [0, 0.1) is 0 Å². The Labute approximate surface area is 133 Å². The standard InChI is InChI=1S/C17H18N2O4/c1-3-17(2,16(22)23)19-15(21)12-6-4-11(5-7-12)13-8-9-14(20)18-10-13/h4-10H,3H2,1-2H3,(H,18,20)(H,19,21)(H,22,23)/t17-/m1/s1. The van der Waals surface area contributed by atoms with Crippen molar-refractivity contribution in [3.8, 4) is 11.1 Å². The zero-order valence-corrected chi connectivity index (χ0v) is 12.9. The number of aromatic nitrogens is 1. The van der Waals surface area contributed by atoms with E-state index in [0.717, 1.165) is 11.1 Å². The van der Waals surface area contributed by atoms with Crippen molar-refractivity contribution in [1.82, 2.24) is 10.3 Å². The first-order valence-electron chi connectivity index (χ1n) is 7.21. The number of amides is 1. The smallest absolute Gasteiger partial charge is 0.329 e. The molecule has 0 aliphatic carbocycles. The zero-order chi connectivity index (χ0) is 17.0. The average molecular weight is 314 g/mol. The Kier molecular flexibility index (Phi) is 4.64. The number of carboxylic acid groups (broad SMARTS) is 1. The van der Waals surface area contributed by atoms with Crippen LogP contribution in [0.25, 0.3) is 11.1 Å². The molecule has 120 valence electrons. The lowest BCUT2D eigenvalue weighted by Crippen LogP contribution is -2.51. The van der Waals surface area contributed by atoms with Crippen LogP contribution in [0.2, 0.25) is 0 Å². The van der Waals surface area contributed by atoms with Gasteiger partial charge in [-0.2, -0.15) is 0 Å². The molecule has 0 spiro atoms. The minimum Gasteiger partial charge on any atom is -0.480 e. The van der Waals surface area contributed by atoms with E-state index in [0.29, 0.717) is 5.56 Å². The van der Waals surface area contributed by atoms with E-state index in [1.54, 1.807) is 43.5 Å². The van der Waals surface area contributed by atoms with Gasteiger partial charge < -0.3 is 15.4 Å². The number of aliphatic carboxylic acids is 1. The largest absolute Gasteiger partial charge is 0.480 e. The Bertz CT molecular complexity index is 759. The first-order valence-corrected chi connectivity index (χ1v) is 7.21. The summed E-state index contributed by atoms with van der Waals surface area (Å²) in [7, 11) is 0. The Morgan fingerprint density at radius 1 is 1.13 bits per heavy atom. The van der Waals surface area contributed by atoms with Crippen LogP contribution >= 0.6 is 0 Å². The van der Waals surface area contributed by atoms with E-state index in [1.165, 1.54) is 13.0 Å². The number of H-pyrrole nitrogens is 1. The van der Waals surface area contributed by atoms with Crippen molar-refractivity contribution < 1.29 is 14.7 Å². The molecule has 2 rings (SSSR count). The van der Waals surface area contributed by atoms with Gasteiger partial charge in [0.15, 0.2) is 0 Å². The predicted molar refractivity (Wildman–Crippen MR) is 86.3 cm³/mol. The molecule has 6 nitrogen and oxygen atoms in total. The highest BCUT2D eigenvalue weighted by Crippen LogP contribution is 2.18. The van der Waals surface area contributed by atoms with E-state index >= 15 is 0 Å². The molecule has 0 unspecified atom stereocenters. The molecule has 0 aliphatic heterocycles. The molecule has 0 aliphatic rings. The summed E-state index contributed by atoms with van der Waals surface area (Å²) in [5.41, 5.74) is 0.556. The molecule has 1 amide bonds. The highest BCUT2D eigenvalue weighted by atomic mass is 16.4. The lowest BCUT2D eigenvalue weighted by molar-refractivity contribution is -0.143. The quantitative estimate of drug-likeness (QED) is 0.786. The van der Waals surface area contributed by atoms with Gasteiger partial charge in [-0.3, -0.25) is 9.59 Å². The summed E-state index contributed by atoms with van der Waals surface area (Å²) in [6.07, 6.45) is 1.87. The third-order valence-corrected chi connectivity index (χ3v) is 3.83. The number of nitrogens with one attached hydrogen (secondary N) is 2. The third kappa shape index (κ3) is 3.66. The Balaban J connectivity index is 2.19. The van der Waals surface area contributed by atoms with Gasteiger partial charge in [-0.05, 0) is 42.7 Å². The predicted octanol–water partition coefficient (Wildman–Crippen LogP) is 2.02. The van der Waals surface area contributed by atoms with Crippen LogP contribution in [0.3, 0.4) is 0 Å². The zero-order valence-electron chi connectivity index (χ0n) is 12.9. The fourth-order valence-electron chi connectivity index (χ4n) is 2.02. The lowest BCUT2D eigenvalue weighted by atomic mass is 9.98. The van der Waals surface area contributed by atoms with Crippen LogP contribution in [0.5, 0.6) is 0 Å². The van der Waals surface area contributed by atoms with E-state index < -0.39 is 17.4 Å². The summed E-state index contributed by atoms with van der Waals surface area (Å²) in [6, 6.07) is 9.84. The van der Waals surface area contributed by atoms with Gasteiger partial charge in [0.25, 0.3) is 5.91 Å². The van der Waals surface area contributed by atoms with Gasteiger partial charge in [0.2, 0.25) is 5.56 Å². The van der Waals surface area contributed by atoms with E-state index in [9.17, 15) is 19.5 Å². The van der Waals surface area contributed by atoms with Crippen LogP contribution in [0.15, 0.2) is 47.4 Å². The van der Waals surface area contributed by atoms with Crippen molar-refractivity contribution >= 4 is 11.9 Å². The summed E-state index contributed by atoms with van der Waals surface area (Å²) < 4.78 is 0. The molecule has 1 atom stereocenters. The molecule has 2 aromatic rings. The normalized spacial score (nSPS) is 13.1. The molecule has 1 aromatic carbocycles. The Morgan fingerprint density at radius 2 is 1.74 bits per heavy atom. The molecule has 0 radical (unpaired) electrons. The number of benzene rings is 1. The molecule has 23 heavy (non-hydrogen) atoms. The van der Waals surface area contributed by atoms with Crippen LogP contribution in [0.4, 0.5) is 0 Å². The fraction of sp³-hybridized carbons (Fsp3) is 0.235. The van der Waals surface area contributed by atoms with E-state index in [2.05, 4.69) is 10.3 Å². The topological polar surface area (TPSA) is 99.3 Å². The van der Waals surface area contributed by atoms with Crippen molar-refractivity contribution in [2.75, 3.05) is 0 Å². The molecular weight excluding hydrogens is 296 g/mol. The Hall–Kier alpha value is -2.89. The second-order valence-corrected chi connectivity index (χ2v) is 5.46. The molecule has 1 heterocycles. The van der Waals surface area contributed by atoms with Gasteiger partial charge >= 0.3 is 5.97 Å². The summed E-state index contributed by atoms with van der Waals surface area (Å²) in [5, 5.41) is 11.7. The molecule has 6 heteroatoms.